The van der Waals surface area contributed by atoms with Crippen molar-refractivity contribution in [2.24, 2.45) is 0 Å². The molecule has 1 aliphatic heterocycles. The highest BCUT2D eigenvalue weighted by Gasteiger charge is 2.30. The molecule has 0 spiro atoms. The van der Waals surface area contributed by atoms with Crippen molar-refractivity contribution in [1.82, 2.24) is 9.62 Å². The summed E-state index contributed by atoms with van der Waals surface area (Å²) in [4.78, 5) is 12.3. The number of carbonyl (C=O) groups excluding carboxylic acids is 1. The number of sulfonamides is 1. The maximum atomic E-state index is 12.8. The molecule has 1 fully saturated rings. The van der Waals surface area contributed by atoms with Crippen LogP contribution in [0.2, 0.25) is 10.0 Å². The van der Waals surface area contributed by atoms with Crippen LogP contribution in [-0.4, -0.2) is 44.9 Å². The van der Waals surface area contributed by atoms with Gasteiger partial charge < -0.3 is 14.5 Å². The first-order valence-corrected chi connectivity index (χ1v) is 9.96. The molecule has 0 aliphatic carbocycles. The lowest BCUT2D eigenvalue weighted by atomic mass is 10.2. The van der Waals surface area contributed by atoms with Gasteiger partial charge in [0, 0.05) is 13.1 Å². The Labute approximate surface area is 160 Å². The minimum absolute atomic E-state index is 0.0226. The van der Waals surface area contributed by atoms with Crippen LogP contribution in [0.1, 0.15) is 16.1 Å². The van der Waals surface area contributed by atoms with E-state index in [4.69, 9.17) is 32.4 Å². The molecule has 1 aliphatic rings. The van der Waals surface area contributed by atoms with Crippen LogP contribution in [0, 0.1) is 0 Å². The Morgan fingerprint density at radius 2 is 1.92 bits per heavy atom. The van der Waals surface area contributed by atoms with Gasteiger partial charge in [-0.25, -0.2) is 8.42 Å². The first-order valence-electron chi connectivity index (χ1n) is 7.77. The fourth-order valence-electron chi connectivity index (χ4n) is 2.50. The lowest BCUT2D eigenvalue weighted by Crippen LogP contribution is -2.40. The summed E-state index contributed by atoms with van der Waals surface area (Å²) in [6, 6.07) is 5.87. The molecule has 1 amide bonds. The highest BCUT2D eigenvalue weighted by atomic mass is 35.5. The van der Waals surface area contributed by atoms with Gasteiger partial charge in [-0.15, -0.1) is 0 Å². The second-order valence-electron chi connectivity index (χ2n) is 5.54. The molecule has 1 saturated heterocycles. The number of rotatable bonds is 5. The summed E-state index contributed by atoms with van der Waals surface area (Å²) >= 11 is 12.2. The van der Waals surface area contributed by atoms with Gasteiger partial charge in [-0.2, -0.15) is 4.31 Å². The molecule has 1 aromatic carbocycles. The van der Waals surface area contributed by atoms with Crippen LogP contribution in [0.4, 0.5) is 0 Å². The lowest BCUT2D eigenvalue weighted by Gasteiger charge is -2.26. The van der Waals surface area contributed by atoms with Gasteiger partial charge in [-0.1, -0.05) is 23.2 Å². The van der Waals surface area contributed by atoms with E-state index in [2.05, 4.69) is 5.32 Å². The zero-order valence-electron chi connectivity index (χ0n) is 13.6. The number of morpholine rings is 1. The van der Waals surface area contributed by atoms with Gasteiger partial charge in [0.2, 0.25) is 10.0 Å². The summed E-state index contributed by atoms with van der Waals surface area (Å²) in [6.07, 6.45) is 1.49. The van der Waals surface area contributed by atoms with Gasteiger partial charge >= 0.3 is 0 Å². The van der Waals surface area contributed by atoms with E-state index in [1.165, 1.54) is 22.7 Å². The van der Waals surface area contributed by atoms with Crippen molar-refractivity contribution < 1.29 is 22.4 Å². The Morgan fingerprint density at radius 1 is 1.19 bits per heavy atom. The zero-order valence-corrected chi connectivity index (χ0v) is 15.9. The number of furan rings is 1. The van der Waals surface area contributed by atoms with E-state index in [-0.39, 0.29) is 40.1 Å². The maximum Gasteiger partial charge on any atom is 0.253 e. The van der Waals surface area contributed by atoms with Gasteiger partial charge in [0.1, 0.15) is 10.7 Å². The Kier molecular flexibility index (Phi) is 5.89. The van der Waals surface area contributed by atoms with Crippen LogP contribution in [0.5, 0.6) is 0 Å². The molecule has 3 rings (SSSR count). The quantitative estimate of drug-likeness (QED) is 0.805. The third-order valence-electron chi connectivity index (χ3n) is 3.86. The molecule has 0 saturated carbocycles. The first kappa shape index (κ1) is 19.2. The van der Waals surface area contributed by atoms with Gasteiger partial charge in [0.15, 0.2) is 0 Å². The largest absolute Gasteiger partial charge is 0.467 e. The van der Waals surface area contributed by atoms with Crippen LogP contribution in [0.15, 0.2) is 39.8 Å². The topological polar surface area (TPSA) is 88.8 Å². The number of hydrogen-bond donors (Lipinski definition) is 1. The predicted molar refractivity (Wildman–Crippen MR) is 95.9 cm³/mol. The standard InChI is InChI=1S/C16H16Cl2N2O5S/c17-13-9-14(18)15(26(22,23)20-3-6-24-7-4-20)8-12(13)16(21)19-10-11-2-1-5-25-11/h1-2,5,8-9H,3-4,6-7,10H2,(H,19,21). The number of benzene rings is 1. The molecule has 140 valence electrons. The van der Waals surface area contributed by atoms with Crippen molar-refractivity contribution in [3.8, 4) is 0 Å². The van der Waals surface area contributed by atoms with E-state index >= 15 is 0 Å². The Bertz CT molecular complexity index is 894. The van der Waals surface area contributed by atoms with Crippen LogP contribution >= 0.6 is 23.2 Å². The molecule has 0 unspecified atom stereocenters. The fraction of sp³-hybridized carbons (Fsp3) is 0.312. The summed E-state index contributed by atoms with van der Waals surface area (Å²) in [7, 11) is -3.86. The smallest absolute Gasteiger partial charge is 0.253 e. The number of carbonyl (C=O) groups is 1. The number of nitrogens with zero attached hydrogens (tertiary/aromatic N) is 1. The van der Waals surface area contributed by atoms with Gasteiger partial charge in [-0.3, -0.25) is 4.79 Å². The van der Waals surface area contributed by atoms with Crippen LogP contribution in [-0.2, 0) is 21.3 Å². The van der Waals surface area contributed by atoms with E-state index < -0.39 is 15.9 Å². The molecule has 2 aromatic rings. The summed E-state index contributed by atoms with van der Waals surface area (Å²) < 4.78 is 37.3. The van der Waals surface area contributed by atoms with E-state index in [1.807, 2.05) is 0 Å². The molecule has 1 aromatic heterocycles. The van der Waals surface area contributed by atoms with Crippen molar-refractivity contribution in [2.45, 2.75) is 11.4 Å². The Balaban J connectivity index is 1.87. The van der Waals surface area contributed by atoms with E-state index in [9.17, 15) is 13.2 Å². The summed E-state index contributed by atoms with van der Waals surface area (Å²) in [5, 5.41) is 2.66. The van der Waals surface area contributed by atoms with Crippen molar-refractivity contribution in [1.29, 1.82) is 0 Å². The fourth-order valence-corrected chi connectivity index (χ4v) is 4.74. The van der Waals surface area contributed by atoms with Crippen molar-refractivity contribution in [3.63, 3.8) is 0 Å². The molecule has 0 atom stereocenters. The number of ether oxygens (including phenoxy) is 1. The molecule has 7 nitrogen and oxygen atoms in total. The number of amides is 1. The lowest BCUT2D eigenvalue weighted by molar-refractivity contribution is 0.0730. The highest BCUT2D eigenvalue weighted by Crippen LogP contribution is 2.31. The predicted octanol–water partition coefficient (Wildman–Crippen LogP) is 2.54. The Morgan fingerprint density at radius 3 is 2.58 bits per heavy atom. The molecule has 2 heterocycles. The SMILES string of the molecule is O=C(NCc1ccco1)c1cc(S(=O)(=O)N2CCOCC2)c(Cl)cc1Cl. The third-order valence-corrected chi connectivity index (χ3v) is 6.53. The first-order chi connectivity index (χ1) is 12.4. The number of hydrogen-bond acceptors (Lipinski definition) is 5. The molecule has 10 heteroatoms. The summed E-state index contributed by atoms with van der Waals surface area (Å²) in [5.74, 6) is 0.0334. The van der Waals surface area contributed by atoms with Crippen molar-refractivity contribution >= 4 is 39.1 Å². The van der Waals surface area contributed by atoms with Crippen molar-refractivity contribution in [2.75, 3.05) is 26.3 Å². The number of halogens is 2. The van der Waals surface area contributed by atoms with E-state index in [0.29, 0.717) is 19.0 Å². The summed E-state index contributed by atoms with van der Waals surface area (Å²) in [6.45, 7) is 1.21. The van der Waals surface area contributed by atoms with Crippen molar-refractivity contribution in [3.05, 3.63) is 51.9 Å². The van der Waals surface area contributed by atoms with Crippen LogP contribution in [0.25, 0.3) is 0 Å². The average Bonchev–Trinajstić information content (AvgIpc) is 3.14. The van der Waals surface area contributed by atoms with E-state index in [0.717, 1.165) is 0 Å². The van der Waals surface area contributed by atoms with Crippen LogP contribution in [0.3, 0.4) is 0 Å². The highest BCUT2D eigenvalue weighted by molar-refractivity contribution is 7.89. The third kappa shape index (κ3) is 4.05. The monoisotopic (exact) mass is 418 g/mol. The zero-order chi connectivity index (χ0) is 18.7. The molecule has 0 radical (unpaired) electrons. The second kappa shape index (κ2) is 7.98. The molecule has 0 bridgehead atoms. The van der Waals surface area contributed by atoms with E-state index in [1.54, 1.807) is 12.1 Å². The van der Waals surface area contributed by atoms with Gasteiger partial charge in [-0.05, 0) is 24.3 Å². The Hall–Kier alpha value is -1.58. The van der Waals surface area contributed by atoms with Crippen LogP contribution < -0.4 is 5.32 Å². The van der Waals surface area contributed by atoms with Gasteiger partial charge in [0.05, 0.1) is 41.6 Å². The minimum atomic E-state index is -3.86. The molecule has 26 heavy (non-hydrogen) atoms. The summed E-state index contributed by atoms with van der Waals surface area (Å²) in [5.41, 5.74) is 0.0226. The normalized spacial score (nSPS) is 15.8. The second-order valence-corrected chi connectivity index (χ2v) is 8.26. The average molecular weight is 419 g/mol. The molecule has 1 N–H and O–H groups in total. The molecular formula is C16H16Cl2N2O5S. The van der Waals surface area contributed by atoms with Gasteiger partial charge in [0.25, 0.3) is 5.91 Å². The minimum Gasteiger partial charge on any atom is -0.467 e. The maximum absolute atomic E-state index is 12.8. The number of nitrogens with one attached hydrogen (secondary N) is 1. The molecular weight excluding hydrogens is 403 g/mol.